The maximum Gasteiger partial charge on any atom is 0.243 e. The normalized spacial score (nSPS) is 14.7. The molecule has 176 valence electrons. The molecule has 1 fully saturated rings. The van der Waals surface area contributed by atoms with Crippen molar-refractivity contribution >= 4 is 40.0 Å². The standard InChI is InChI=1S/C23H32N4O3S.HI/c1-4-24-23(26-17-20-10-7-18(2)15-22(20)30-3)25-16-19-8-11-21(12-9-19)31(28,29)27-13-5-6-14-27;/h7-12,15H,4-6,13-14,16-17H2,1-3H3,(H2,24,25,26);1H. The van der Waals surface area contributed by atoms with E-state index in [4.69, 9.17) is 4.74 Å². The monoisotopic (exact) mass is 572 g/mol. The Morgan fingerprint density at radius 2 is 1.78 bits per heavy atom. The van der Waals surface area contributed by atoms with Crippen LogP contribution in [0.5, 0.6) is 5.75 Å². The van der Waals surface area contributed by atoms with Crippen LogP contribution in [0, 0.1) is 6.92 Å². The number of benzene rings is 2. The van der Waals surface area contributed by atoms with Crippen LogP contribution >= 0.6 is 24.0 Å². The first-order valence-corrected chi connectivity index (χ1v) is 12.1. The minimum atomic E-state index is -3.38. The average molecular weight is 573 g/mol. The van der Waals surface area contributed by atoms with Crippen LogP contribution < -0.4 is 15.4 Å². The number of methoxy groups -OCH3 is 1. The second-order valence-corrected chi connectivity index (χ2v) is 9.56. The van der Waals surface area contributed by atoms with Crippen molar-refractivity contribution < 1.29 is 13.2 Å². The summed E-state index contributed by atoms with van der Waals surface area (Å²) in [5.74, 6) is 1.54. The van der Waals surface area contributed by atoms with Crippen LogP contribution in [0.25, 0.3) is 0 Å². The van der Waals surface area contributed by atoms with Gasteiger partial charge in [0.05, 0.1) is 18.6 Å². The Morgan fingerprint density at radius 1 is 1.09 bits per heavy atom. The lowest BCUT2D eigenvalue weighted by atomic mass is 10.1. The predicted molar refractivity (Wildman–Crippen MR) is 139 cm³/mol. The molecule has 2 aromatic carbocycles. The van der Waals surface area contributed by atoms with Crippen LogP contribution in [0.4, 0.5) is 0 Å². The first-order valence-electron chi connectivity index (χ1n) is 10.7. The van der Waals surface area contributed by atoms with Gasteiger partial charge in [-0.3, -0.25) is 0 Å². The topological polar surface area (TPSA) is 83.0 Å². The van der Waals surface area contributed by atoms with E-state index in [9.17, 15) is 8.42 Å². The Morgan fingerprint density at radius 3 is 2.41 bits per heavy atom. The van der Waals surface area contributed by atoms with Gasteiger partial charge in [0.1, 0.15) is 5.75 Å². The molecule has 0 aromatic heterocycles. The van der Waals surface area contributed by atoms with Gasteiger partial charge >= 0.3 is 0 Å². The molecule has 1 aliphatic rings. The van der Waals surface area contributed by atoms with Crippen molar-refractivity contribution in [2.45, 2.75) is 44.7 Å². The zero-order valence-electron chi connectivity index (χ0n) is 18.9. The number of guanidine groups is 1. The van der Waals surface area contributed by atoms with Gasteiger partial charge in [0.2, 0.25) is 10.0 Å². The Hall–Kier alpha value is -1.85. The number of sulfonamides is 1. The summed E-state index contributed by atoms with van der Waals surface area (Å²) >= 11 is 0. The molecule has 0 saturated carbocycles. The zero-order valence-corrected chi connectivity index (χ0v) is 22.1. The molecule has 0 unspecified atom stereocenters. The maximum absolute atomic E-state index is 12.7. The summed E-state index contributed by atoms with van der Waals surface area (Å²) in [6.07, 6.45) is 1.86. The maximum atomic E-state index is 12.7. The average Bonchev–Trinajstić information content (AvgIpc) is 3.32. The van der Waals surface area contributed by atoms with E-state index >= 15 is 0 Å². The van der Waals surface area contributed by atoms with E-state index in [1.807, 2.05) is 38.1 Å². The van der Waals surface area contributed by atoms with Crippen molar-refractivity contribution in [3.63, 3.8) is 0 Å². The van der Waals surface area contributed by atoms with E-state index in [0.29, 0.717) is 37.0 Å². The highest BCUT2D eigenvalue weighted by Gasteiger charge is 2.26. The molecule has 0 spiro atoms. The van der Waals surface area contributed by atoms with Crippen molar-refractivity contribution in [2.75, 3.05) is 26.7 Å². The van der Waals surface area contributed by atoms with Gasteiger partial charge in [0.25, 0.3) is 0 Å². The molecule has 3 rings (SSSR count). The third-order valence-electron chi connectivity index (χ3n) is 5.28. The van der Waals surface area contributed by atoms with Gasteiger partial charge in [0, 0.05) is 31.7 Å². The van der Waals surface area contributed by atoms with Crippen molar-refractivity contribution in [1.29, 1.82) is 0 Å². The van der Waals surface area contributed by atoms with Crippen LogP contribution in [0.2, 0.25) is 0 Å². The molecule has 0 amide bonds. The summed E-state index contributed by atoms with van der Waals surface area (Å²) in [7, 11) is -1.71. The molecule has 32 heavy (non-hydrogen) atoms. The van der Waals surface area contributed by atoms with Crippen LogP contribution in [0.15, 0.2) is 52.4 Å². The fourth-order valence-corrected chi connectivity index (χ4v) is 5.05. The zero-order chi connectivity index (χ0) is 22.3. The molecular weight excluding hydrogens is 539 g/mol. The van der Waals surface area contributed by atoms with Gasteiger partial charge in [-0.1, -0.05) is 24.3 Å². The molecule has 9 heteroatoms. The SMILES string of the molecule is CCNC(=NCc1ccc(S(=O)(=O)N2CCCC2)cc1)NCc1ccc(C)cc1OC.I. The molecule has 0 atom stereocenters. The van der Waals surface area contributed by atoms with Crippen molar-refractivity contribution in [1.82, 2.24) is 14.9 Å². The van der Waals surface area contributed by atoms with Crippen molar-refractivity contribution in [3.8, 4) is 5.75 Å². The van der Waals surface area contributed by atoms with Crippen molar-refractivity contribution in [2.24, 2.45) is 4.99 Å². The second kappa shape index (κ2) is 12.4. The number of nitrogens with zero attached hydrogens (tertiary/aromatic N) is 2. The molecule has 1 saturated heterocycles. The molecular formula is C23H33IN4O3S. The van der Waals surface area contributed by atoms with Crippen LogP contribution in [0.1, 0.15) is 36.5 Å². The number of ether oxygens (including phenoxy) is 1. The fraction of sp³-hybridized carbons (Fsp3) is 0.435. The van der Waals surface area contributed by atoms with Gasteiger partial charge in [-0.05, 0) is 56.0 Å². The van der Waals surface area contributed by atoms with E-state index in [0.717, 1.165) is 41.8 Å². The number of aliphatic imine (C=N–C) groups is 1. The van der Waals surface area contributed by atoms with E-state index in [1.165, 1.54) is 0 Å². The summed E-state index contributed by atoms with van der Waals surface area (Å²) in [6.45, 7) is 7.04. The fourth-order valence-electron chi connectivity index (χ4n) is 3.53. The number of hydrogen-bond donors (Lipinski definition) is 2. The molecule has 2 N–H and O–H groups in total. The van der Waals surface area contributed by atoms with E-state index in [2.05, 4.69) is 21.7 Å². The minimum Gasteiger partial charge on any atom is -0.496 e. The number of aryl methyl sites for hydroxylation is 1. The van der Waals surface area contributed by atoms with E-state index in [1.54, 1.807) is 23.5 Å². The third kappa shape index (κ3) is 6.82. The summed E-state index contributed by atoms with van der Waals surface area (Å²) in [5.41, 5.74) is 3.15. The Bertz CT molecular complexity index is 1000. The first-order chi connectivity index (χ1) is 14.9. The predicted octanol–water partition coefficient (Wildman–Crippen LogP) is 3.66. The number of halogens is 1. The lowest BCUT2D eigenvalue weighted by molar-refractivity contribution is 0.408. The highest BCUT2D eigenvalue weighted by Crippen LogP contribution is 2.21. The summed E-state index contributed by atoms with van der Waals surface area (Å²) < 4.78 is 32.3. The van der Waals surface area contributed by atoms with Crippen LogP contribution in [0.3, 0.4) is 0 Å². The van der Waals surface area contributed by atoms with Gasteiger partial charge < -0.3 is 15.4 Å². The van der Waals surface area contributed by atoms with Gasteiger partial charge in [-0.2, -0.15) is 4.31 Å². The number of hydrogen-bond acceptors (Lipinski definition) is 4. The molecule has 1 heterocycles. The Labute approximate surface area is 208 Å². The lowest BCUT2D eigenvalue weighted by Crippen LogP contribution is -2.36. The Balaban J connectivity index is 0.00000363. The van der Waals surface area contributed by atoms with Gasteiger partial charge in [0.15, 0.2) is 5.96 Å². The minimum absolute atomic E-state index is 0. The summed E-state index contributed by atoms with van der Waals surface area (Å²) in [4.78, 5) is 4.98. The summed E-state index contributed by atoms with van der Waals surface area (Å²) in [6, 6.07) is 13.1. The van der Waals surface area contributed by atoms with Gasteiger partial charge in [-0.15, -0.1) is 24.0 Å². The van der Waals surface area contributed by atoms with E-state index in [-0.39, 0.29) is 24.0 Å². The molecule has 0 radical (unpaired) electrons. The molecule has 0 aliphatic carbocycles. The largest absolute Gasteiger partial charge is 0.496 e. The number of rotatable bonds is 8. The number of nitrogens with one attached hydrogen (secondary N) is 2. The molecule has 7 nitrogen and oxygen atoms in total. The molecule has 0 bridgehead atoms. The third-order valence-corrected chi connectivity index (χ3v) is 7.19. The first kappa shape index (κ1) is 26.4. The van der Waals surface area contributed by atoms with E-state index < -0.39 is 10.0 Å². The lowest BCUT2D eigenvalue weighted by Gasteiger charge is -2.15. The smallest absolute Gasteiger partial charge is 0.243 e. The van der Waals surface area contributed by atoms with Gasteiger partial charge in [-0.25, -0.2) is 13.4 Å². The van der Waals surface area contributed by atoms with Crippen molar-refractivity contribution in [3.05, 3.63) is 59.2 Å². The molecule has 2 aromatic rings. The second-order valence-electron chi connectivity index (χ2n) is 7.62. The van der Waals surface area contributed by atoms with Crippen LogP contribution in [-0.2, 0) is 23.1 Å². The Kier molecular flexibility index (Phi) is 10.2. The van der Waals surface area contributed by atoms with Crippen LogP contribution in [-0.4, -0.2) is 45.4 Å². The summed E-state index contributed by atoms with van der Waals surface area (Å²) in [5, 5.41) is 6.57. The highest BCUT2D eigenvalue weighted by molar-refractivity contribution is 14.0. The molecule has 1 aliphatic heterocycles. The highest BCUT2D eigenvalue weighted by atomic mass is 127. The quantitative estimate of drug-likeness (QED) is 0.287.